The molecule has 8 heteroatoms. The van der Waals surface area contributed by atoms with E-state index < -0.39 is 17.1 Å². The van der Waals surface area contributed by atoms with Crippen LogP contribution >= 0.6 is 0 Å². The second kappa shape index (κ2) is 6.23. The molecule has 2 aliphatic rings. The Balaban J connectivity index is 1.56. The molecule has 0 bridgehead atoms. The Morgan fingerprint density at radius 1 is 1.26 bits per heavy atom. The highest BCUT2D eigenvalue weighted by Crippen LogP contribution is 2.65. The molecule has 3 aromatic rings. The number of anilines is 2. The van der Waals surface area contributed by atoms with Gasteiger partial charge < -0.3 is 20.5 Å². The monoisotopic (exact) mass is 420 g/mol. The summed E-state index contributed by atoms with van der Waals surface area (Å²) >= 11 is 0. The van der Waals surface area contributed by atoms with E-state index in [0.717, 1.165) is 16.8 Å². The molecule has 31 heavy (non-hydrogen) atoms. The second-order valence-electron chi connectivity index (χ2n) is 9.15. The number of hydrogen-bond donors (Lipinski definition) is 2. The molecule has 0 saturated heterocycles. The van der Waals surface area contributed by atoms with Gasteiger partial charge in [-0.25, -0.2) is 4.79 Å². The Hall–Kier alpha value is -3.55. The van der Waals surface area contributed by atoms with Gasteiger partial charge in [0, 0.05) is 17.0 Å². The molecule has 160 valence electrons. The fourth-order valence-corrected chi connectivity index (χ4v) is 4.52. The van der Waals surface area contributed by atoms with Crippen LogP contribution in [0.25, 0.3) is 10.9 Å². The van der Waals surface area contributed by atoms with Crippen LogP contribution in [0.1, 0.15) is 44.2 Å². The summed E-state index contributed by atoms with van der Waals surface area (Å²) in [4.78, 5) is 25.6. The third-order valence-corrected chi connectivity index (χ3v) is 6.02. The predicted molar refractivity (Wildman–Crippen MR) is 116 cm³/mol. The predicted octanol–water partition coefficient (Wildman–Crippen LogP) is 3.79. The third-order valence-electron chi connectivity index (χ3n) is 6.02. The lowest BCUT2D eigenvalue weighted by Gasteiger charge is -2.19. The molecule has 3 N–H and O–H groups in total. The number of hydrogen-bond acceptors (Lipinski definition) is 6. The van der Waals surface area contributed by atoms with Crippen molar-refractivity contribution in [1.29, 1.82) is 0 Å². The van der Waals surface area contributed by atoms with Gasteiger partial charge in [0.05, 0.1) is 18.0 Å². The quantitative estimate of drug-likeness (QED) is 0.653. The number of nitrogens with one attached hydrogen (secondary N) is 1. The van der Waals surface area contributed by atoms with Crippen molar-refractivity contribution in [1.82, 2.24) is 9.78 Å². The first-order valence-corrected chi connectivity index (χ1v) is 10.2. The number of amides is 1. The third kappa shape index (κ3) is 2.85. The number of methoxy groups -OCH3 is 1. The van der Waals surface area contributed by atoms with E-state index in [1.165, 1.54) is 4.68 Å². The number of ether oxygens (including phenoxy) is 2. The van der Waals surface area contributed by atoms with Crippen LogP contribution in [0.2, 0.25) is 0 Å². The normalized spacial score (nSPS) is 21.8. The van der Waals surface area contributed by atoms with Crippen LogP contribution in [0.15, 0.2) is 36.4 Å². The van der Waals surface area contributed by atoms with Crippen LogP contribution in [0.4, 0.5) is 16.3 Å². The molecular formula is C23H24N4O4. The lowest BCUT2D eigenvalue weighted by atomic mass is 9.91. The van der Waals surface area contributed by atoms with Crippen molar-refractivity contribution in [3.8, 4) is 5.75 Å². The number of rotatable bonds is 2. The zero-order valence-corrected chi connectivity index (χ0v) is 17.9. The van der Waals surface area contributed by atoms with Gasteiger partial charge in [0.25, 0.3) is 0 Å². The largest absolute Gasteiger partial charge is 0.497 e. The van der Waals surface area contributed by atoms with Gasteiger partial charge in [-0.15, -0.1) is 5.10 Å². The van der Waals surface area contributed by atoms with Gasteiger partial charge in [-0.2, -0.15) is 4.68 Å². The Morgan fingerprint density at radius 2 is 2.03 bits per heavy atom. The van der Waals surface area contributed by atoms with Gasteiger partial charge in [0.2, 0.25) is 5.91 Å². The van der Waals surface area contributed by atoms with Gasteiger partial charge in [0.1, 0.15) is 11.4 Å². The van der Waals surface area contributed by atoms with E-state index in [1.807, 2.05) is 36.4 Å². The molecule has 2 aromatic carbocycles. The molecule has 1 amide bonds. The number of nitrogens with zero attached hydrogens (tertiary/aromatic N) is 2. The van der Waals surface area contributed by atoms with Crippen molar-refractivity contribution in [3.63, 3.8) is 0 Å². The fraction of sp³-hybridized carbons (Fsp3) is 0.348. The Labute approximate surface area is 179 Å². The molecule has 2 heterocycles. The van der Waals surface area contributed by atoms with Crippen LogP contribution < -0.4 is 15.8 Å². The number of fused-ring (bicyclic) bond motifs is 3. The van der Waals surface area contributed by atoms with Gasteiger partial charge in [-0.3, -0.25) is 4.79 Å². The summed E-state index contributed by atoms with van der Waals surface area (Å²) in [5, 5.41) is 7.84. The van der Waals surface area contributed by atoms with Crippen molar-refractivity contribution >= 4 is 34.4 Å². The van der Waals surface area contributed by atoms with Crippen LogP contribution in [-0.2, 0) is 14.9 Å². The Morgan fingerprint density at radius 3 is 2.74 bits per heavy atom. The number of carbonyl (C=O) groups is 2. The van der Waals surface area contributed by atoms with E-state index in [0.29, 0.717) is 23.1 Å². The fourth-order valence-electron chi connectivity index (χ4n) is 4.52. The van der Waals surface area contributed by atoms with E-state index in [9.17, 15) is 9.59 Å². The molecule has 1 aliphatic carbocycles. The van der Waals surface area contributed by atoms with Gasteiger partial charge in [-0.05, 0) is 68.7 Å². The van der Waals surface area contributed by atoms with Gasteiger partial charge >= 0.3 is 6.09 Å². The molecule has 0 unspecified atom stereocenters. The highest BCUT2D eigenvalue weighted by atomic mass is 16.6. The van der Waals surface area contributed by atoms with Crippen LogP contribution in [-0.4, -0.2) is 34.5 Å². The summed E-state index contributed by atoms with van der Waals surface area (Å²) in [7, 11) is 1.61. The maximum atomic E-state index is 12.9. The first-order chi connectivity index (χ1) is 14.6. The molecule has 1 spiro atoms. The van der Waals surface area contributed by atoms with Crippen molar-refractivity contribution in [2.24, 2.45) is 0 Å². The van der Waals surface area contributed by atoms with Crippen molar-refractivity contribution in [3.05, 3.63) is 47.5 Å². The number of carbonyl (C=O) groups excluding carboxylic acids is 2. The number of nitrogen functional groups attached to an aromatic ring is 1. The Bertz CT molecular complexity index is 1260. The SMILES string of the molecule is COc1ccc2c(c1)[C@]1(C[C@H]1c1ccc3c(N)nn(C(=O)OC(C)(C)C)c3c1)C(=O)N2. The van der Waals surface area contributed by atoms with E-state index in [1.54, 1.807) is 27.9 Å². The van der Waals surface area contributed by atoms with Crippen molar-refractivity contribution < 1.29 is 19.1 Å². The maximum absolute atomic E-state index is 12.9. The molecule has 1 saturated carbocycles. The second-order valence-corrected chi connectivity index (χ2v) is 9.15. The maximum Gasteiger partial charge on any atom is 0.435 e. The van der Waals surface area contributed by atoms with E-state index in [-0.39, 0.29) is 17.6 Å². The van der Waals surface area contributed by atoms with Crippen LogP contribution in [0, 0.1) is 0 Å². The number of benzene rings is 2. The summed E-state index contributed by atoms with van der Waals surface area (Å²) in [6.07, 6.45) is 0.0890. The van der Waals surface area contributed by atoms with Crippen molar-refractivity contribution in [2.75, 3.05) is 18.2 Å². The molecule has 5 rings (SSSR count). The highest BCUT2D eigenvalue weighted by molar-refractivity contribution is 6.10. The zero-order chi connectivity index (χ0) is 22.1. The lowest BCUT2D eigenvalue weighted by molar-refractivity contribution is -0.118. The van der Waals surface area contributed by atoms with Crippen LogP contribution in [0.3, 0.4) is 0 Å². The minimum Gasteiger partial charge on any atom is -0.497 e. The zero-order valence-electron chi connectivity index (χ0n) is 17.9. The first-order valence-electron chi connectivity index (χ1n) is 10.2. The van der Waals surface area contributed by atoms with Crippen LogP contribution in [0.5, 0.6) is 5.75 Å². The molecule has 0 radical (unpaired) electrons. The molecule has 2 atom stereocenters. The lowest BCUT2D eigenvalue weighted by Crippen LogP contribution is -2.27. The molecule has 8 nitrogen and oxygen atoms in total. The smallest absolute Gasteiger partial charge is 0.435 e. The van der Waals surface area contributed by atoms with E-state index >= 15 is 0 Å². The average molecular weight is 420 g/mol. The van der Waals surface area contributed by atoms with Gasteiger partial charge in [-0.1, -0.05) is 6.07 Å². The summed E-state index contributed by atoms with van der Waals surface area (Å²) in [6.45, 7) is 5.39. The topological polar surface area (TPSA) is 108 Å². The average Bonchev–Trinajstić information content (AvgIpc) is 3.30. The number of nitrogens with two attached hydrogens (primary N) is 1. The highest BCUT2D eigenvalue weighted by Gasteiger charge is 2.65. The summed E-state index contributed by atoms with van der Waals surface area (Å²) < 4.78 is 12.0. The molecular weight excluding hydrogens is 396 g/mol. The molecule has 1 fully saturated rings. The van der Waals surface area contributed by atoms with E-state index in [4.69, 9.17) is 15.2 Å². The Kier molecular flexibility index (Phi) is 3.90. The minimum atomic E-state index is -0.660. The van der Waals surface area contributed by atoms with Gasteiger partial charge in [0.15, 0.2) is 5.82 Å². The molecule has 1 aliphatic heterocycles. The summed E-state index contributed by atoms with van der Waals surface area (Å²) in [5.74, 6) is 0.938. The summed E-state index contributed by atoms with van der Waals surface area (Å²) in [6, 6.07) is 11.3. The first kappa shape index (κ1) is 19.4. The van der Waals surface area contributed by atoms with Crippen molar-refractivity contribution in [2.45, 2.75) is 44.1 Å². The number of aromatic nitrogens is 2. The summed E-state index contributed by atoms with van der Waals surface area (Å²) in [5.41, 5.74) is 8.03. The van der Waals surface area contributed by atoms with E-state index in [2.05, 4.69) is 10.4 Å². The standard InChI is InChI=1S/C23H24N4O4/c1-22(2,3)31-21(29)27-18-9-12(5-7-14(18)19(24)26-27)16-11-23(16)15-10-13(30-4)6-8-17(15)25-20(23)28/h5-10,16H,11H2,1-4H3,(H2,24,26)(H,25,28)/t16-,23-/m0/s1. The molecule has 1 aromatic heterocycles. The minimum absolute atomic E-state index is 0.0130.